The smallest absolute Gasteiger partial charge is 0.262 e. The lowest BCUT2D eigenvalue weighted by atomic mass is 9.95. The molecular weight excluding hydrogens is 782 g/mol. The van der Waals surface area contributed by atoms with E-state index in [0.717, 1.165) is 97.1 Å². The maximum atomic E-state index is 15.5. The van der Waals surface area contributed by atoms with Gasteiger partial charge in [-0.2, -0.15) is 5.10 Å². The molecular formula is C44H48FN11O5. The van der Waals surface area contributed by atoms with Crippen LogP contribution in [0.15, 0.2) is 48.7 Å². The molecule has 2 aromatic carbocycles. The molecule has 4 fully saturated rings. The second-order valence-electron chi connectivity index (χ2n) is 17.2. The van der Waals surface area contributed by atoms with Crippen LogP contribution in [-0.4, -0.2) is 129 Å². The molecule has 3 aromatic heterocycles. The first kappa shape index (κ1) is 39.0. The van der Waals surface area contributed by atoms with Crippen molar-refractivity contribution < 1.29 is 28.4 Å². The van der Waals surface area contributed by atoms with Gasteiger partial charge >= 0.3 is 0 Å². The summed E-state index contributed by atoms with van der Waals surface area (Å²) < 4.78 is 17.4. The molecule has 1 unspecified atom stereocenters. The predicted octanol–water partition coefficient (Wildman–Crippen LogP) is 4.05. The van der Waals surface area contributed by atoms with Gasteiger partial charge < -0.3 is 20.1 Å². The Kier molecular flexibility index (Phi) is 9.82. The van der Waals surface area contributed by atoms with Gasteiger partial charge in [-0.1, -0.05) is 0 Å². The second kappa shape index (κ2) is 15.4. The molecule has 5 amide bonds. The van der Waals surface area contributed by atoms with Crippen LogP contribution < -0.4 is 20.4 Å². The van der Waals surface area contributed by atoms with Crippen molar-refractivity contribution in [2.75, 3.05) is 74.5 Å². The van der Waals surface area contributed by atoms with Crippen LogP contribution in [-0.2, 0) is 16.6 Å². The van der Waals surface area contributed by atoms with Gasteiger partial charge in [-0.15, -0.1) is 0 Å². The number of hydrogen-bond acceptors (Lipinski definition) is 11. The third-order valence-electron chi connectivity index (χ3n) is 13.4. The number of H-pyrrole nitrogens is 1. The van der Waals surface area contributed by atoms with Crippen molar-refractivity contribution in [1.29, 1.82) is 0 Å². The molecule has 0 radical (unpaired) electrons. The van der Waals surface area contributed by atoms with Gasteiger partial charge in [0.05, 0.1) is 27.8 Å². The Bertz CT molecular complexity index is 2620. The zero-order valence-corrected chi connectivity index (χ0v) is 34.2. The molecule has 0 spiro atoms. The fourth-order valence-corrected chi connectivity index (χ4v) is 10.00. The van der Waals surface area contributed by atoms with E-state index in [-0.39, 0.29) is 35.6 Å². The molecule has 16 nitrogen and oxygen atoms in total. The number of benzene rings is 2. The third kappa shape index (κ3) is 7.08. The summed E-state index contributed by atoms with van der Waals surface area (Å²) in [6, 6.07) is 11.5. The lowest BCUT2D eigenvalue weighted by molar-refractivity contribution is -0.136. The van der Waals surface area contributed by atoms with Crippen molar-refractivity contribution in [3.8, 4) is 0 Å². The molecule has 0 bridgehead atoms. The van der Waals surface area contributed by atoms with E-state index < -0.39 is 35.5 Å². The number of piperidine rings is 2. The van der Waals surface area contributed by atoms with Crippen molar-refractivity contribution in [2.45, 2.75) is 50.6 Å². The molecule has 0 saturated carbocycles. The first-order chi connectivity index (χ1) is 29.5. The number of amides is 5. The molecule has 0 aliphatic carbocycles. The second-order valence-corrected chi connectivity index (χ2v) is 17.2. The lowest BCUT2D eigenvalue weighted by Crippen LogP contribution is -2.54. The Labute approximate surface area is 351 Å². The molecule has 8 heterocycles. The zero-order chi connectivity index (χ0) is 42.1. The van der Waals surface area contributed by atoms with Crippen LogP contribution in [0.25, 0.3) is 21.8 Å². The number of rotatable bonds is 8. The summed E-state index contributed by atoms with van der Waals surface area (Å²) in [5, 5.41) is 12.0. The van der Waals surface area contributed by atoms with Gasteiger partial charge in [0, 0.05) is 99.6 Å². The number of hydrogen-bond donors (Lipinski definition) is 3. The average Bonchev–Trinajstić information content (AvgIpc) is 4.02. The van der Waals surface area contributed by atoms with Crippen LogP contribution in [0.3, 0.4) is 0 Å². The standard InChI is InChI=1S/C44H48FN11O5/c1-51-11-3-4-35(51)33-19-27-23-46-38(22-32(27)47-33)48-41(58)26-5-6-34-30(18-26)40(50-52(34)2)55-12-9-25(10-13-55)24-53-14-16-54(17-15-53)37-21-29-28(20-31(37)45)43(60)56(44(29)61)36-7-8-39(57)49-42(36)59/h5-6,18-23,25,35-36,47H,3-4,7-17,24H2,1-2H3,(H,46,48,58)(H,49,57,59)/t35-,36?/m1/s1. The van der Waals surface area contributed by atoms with Crippen molar-refractivity contribution in [3.63, 3.8) is 0 Å². The van der Waals surface area contributed by atoms with E-state index in [9.17, 15) is 24.0 Å². The van der Waals surface area contributed by atoms with Crippen molar-refractivity contribution in [1.82, 2.24) is 39.8 Å². The highest BCUT2D eigenvalue weighted by Gasteiger charge is 2.45. The summed E-state index contributed by atoms with van der Waals surface area (Å²) >= 11 is 0. The molecule has 61 heavy (non-hydrogen) atoms. The number of nitrogens with one attached hydrogen (secondary N) is 3. The number of likely N-dealkylation sites (tertiary alicyclic amines) is 1. The van der Waals surface area contributed by atoms with Gasteiger partial charge in [-0.05, 0) is 88.0 Å². The van der Waals surface area contributed by atoms with Gasteiger partial charge in [-0.3, -0.25) is 48.7 Å². The fourth-order valence-electron chi connectivity index (χ4n) is 10.00. The minimum absolute atomic E-state index is 0.0163. The number of halogens is 1. The Balaban J connectivity index is 0.746. The number of carbonyl (C=O) groups is 5. The normalized spacial score (nSPS) is 21.9. The Hall–Kier alpha value is -6.20. The van der Waals surface area contributed by atoms with E-state index in [4.69, 9.17) is 5.10 Å². The van der Waals surface area contributed by atoms with Gasteiger partial charge in [0.25, 0.3) is 17.7 Å². The average molecular weight is 830 g/mol. The number of anilines is 3. The molecule has 10 rings (SSSR count). The molecule has 5 aromatic rings. The summed E-state index contributed by atoms with van der Waals surface area (Å²) in [5.74, 6) is -1.51. The van der Waals surface area contributed by atoms with E-state index in [1.54, 1.807) is 6.20 Å². The van der Waals surface area contributed by atoms with Gasteiger partial charge in [-0.25, -0.2) is 9.37 Å². The number of aromatic amines is 1. The van der Waals surface area contributed by atoms with Crippen LogP contribution in [0.4, 0.5) is 21.7 Å². The van der Waals surface area contributed by atoms with E-state index in [0.29, 0.717) is 36.4 Å². The van der Waals surface area contributed by atoms with Crippen LogP contribution in [0, 0.1) is 11.7 Å². The highest BCUT2D eigenvalue weighted by Crippen LogP contribution is 2.35. The number of pyridine rings is 1. The number of imide groups is 2. The first-order valence-corrected chi connectivity index (χ1v) is 21.2. The number of fused-ring (bicyclic) bond motifs is 3. The van der Waals surface area contributed by atoms with Gasteiger partial charge in [0.2, 0.25) is 11.8 Å². The number of aromatic nitrogens is 4. The van der Waals surface area contributed by atoms with Crippen molar-refractivity contribution >= 4 is 68.7 Å². The highest BCUT2D eigenvalue weighted by atomic mass is 19.1. The van der Waals surface area contributed by atoms with Gasteiger partial charge in [0.15, 0.2) is 5.82 Å². The molecule has 5 aliphatic rings. The number of aryl methyl sites for hydroxylation is 1. The number of piperazine rings is 1. The zero-order valence-electron chi connectivity index (χ0n) is 34.2. The number of nitrogens with zero attached hydrogens (tertiary/aromatic N) is 8. The topological polar surface area (TPSA) is 172 Å². The SMILES string of the molecule is CN1CCC[C@@H]1c1cc2cnc(NC(=O)c3ccc4c(c3)c(N3CCC(CN5CCN(c6cc7c(cc6F)C(=O)N(C6CCC(=O)NC6=O)C7=O)CC5)CC3)nn4C)cc2[nH]1. The Morgan fingerprint density at radius 3 is 2.36 bits per heavy atom. The fraction of sp³-hybridized carbons (Fsp3) is 0.432. The summed E-state index contributed by atoms with van der Waals surface area (Å²) in [4.78, 5) is 82.1. The summed E-state index contributed by atoms with van der Waals surface area (Å²) in [6.07, 6.45) is 6.11. The summed E-state index contributed by atoms with van der Waals surface area (Å²) in [7, 11) is 4.07. The molecule has 5 aliphatic heterocycles. The van der Waals surface area contributed by atoms with Crippen molar-refractivity contribution in [2.24, 2.45) is 13.0 Å². The molecule has 2 atom stereocenters. The summed E-state index contributed by atoms with van der Waals surface area (Å²) in [6.45, 7) is 6.20. The monoisotopic (exact) mass is 829 g/mol. The maximum absolute atomic E-state index is 15.5. The van der Waals surface area contributed by atoms with E-state index in [2.05, 4.69) is 48.4 Å². The van der Waals surface area contributed by atoms with Crippen LogP contribution in [0.1, 0.15) is 81.3 Å². The van der Waals surface area contributed by atoms with E-state index in [1.807, 2.05) is 40.9 Å². The van der Waals surface area contributed by atoms with E-state index >= 15 is 4.39 Å². The third-order valence-corrected chi connectivity index (χ3v) is 13.4. The van der Waals surface area contributed by atoms with E-state index in [1.165, 1.54) is 18.2 Å². The maximum Gasteiger partial charge on any atom is 0.262 e. The first-order valence-electron chi connectivity index (χ1n) is 21.2. The Morgan fingerprint density at radius 1 is 0.852 bits per heavy atom. The van der Waals surface area contributed by atoms with Crippen LogP contribution in [0.5, 0.6) is 0 Å². The van der Waals surface area contributed by atoms with Gasteiger partial charge in [0.1, 0.15) is 17.7 Å². The molecule has 4 saturated heterocycles. The minimum atomic E-state index is -1.10. The van der Waals surface area contributed by atoms with Crippen LogP contribution in [0.2, 0.25) is 0 Å². The molecule has 3 N–H and O–H groups in total. The molecule has 17 heteroatoms. The number of carbonyl (C=O) groups excluding carboxylic acids is 5. The van der Waals surface area contributed by atoms with Crippen molar-refractivity contribution in [3.05, 3.63) is 76.9 Å². The lowest BCUT2D eigenvalue weighted by Gasteiger charge is -2.39. The Morgan fingerprint density at radius 2 is 1.62 bits per heavy atom. The minimum Gasteiger partial charge on any atom is -0.367 e. The van der Waals surface area contributed by atoms with Crippen LogP contribution >= 0.6 is 0 Å². The largest absolute Gasteiger partial charge is 0.367 e. The highest BCUT2D eigenvalue weighted by molar-refractivity contribution is 6.23. The predicted molar refractivity (Wildman–Crippen MR) is 226 cm³/mol. The quantitative estimate of drug-likeness (QED) is 0.193. The summed E-state index contributed by atoms with van der Waals surface area (Å²) in [5.41, 5.74) is 3.87. The molecule has 316 valence electrons.